The number of aliphatic hydroxyl groups is 1. The smallest absolute Gasteiger partial charge is 0.321 e. The summed E-state index contributed by atoms with van der Waals surface area (Å²) in [5.41, 5.74) is 2.51. The average molecular weight is 360 g/mol. The van der Waals surface area contributed by atoms with Crippen molar-refractivity contribution in [2.24, 2.45) is 5.92 Å². The van der Waals surface area contributed by atoms with Crippen molar-refractivity contribution in [3.05, 3.63) is 52.0 Å². The number of aliphatic hydroxyl groups excluding tert-OH is 1. The molecule has 25 heavy (non-hydrogen) atoms. The van der Waals surface area contributed by atoms with E-state index < -0.39 is 0 Å². The second-order valence-electron chi connectivity index (χ2n) is 6.95. The van der Waals surface area contributed by atoms with Crippen LogP contribution in [0.3, 0.4) is 0 Å². The highest BCUT2D eigenvalue weighted by molar-refractivity contribution is 7.08. The normalized spacial score (nSPS) is 23.0. The predicted molar refractivity (Wildman–Crippen MR) is 96.6 cm³/mol. The fraction of sp³-hybridized carbons (Fsp3) is 0.421. The Morgan fingerprint density at radius 2 is 2.16 bits per heavy atom. The molecule has 1 saturated heterocycles. The first kappa shape index (κ1) is 16.5. The Balaban J connectivity index is 1.45. The van der Waals surface area contributed by atoms with Crippen LogP contribution in [0.5, 0.6) is 0 Å². The molecule has 1 aliphatic carbocycles. The number of rotatable bonds is 4. The minimum Gasteiger partial charge on any atom is -0.396 e. The van der Waals surface area contributed by atoms with Crippen molar-refractivity contribution in [1.82, 2.24) is 4.90 Å². The summed E-state index contributed by atoms with van der Waals surface area (Å²) in [7, 11) is 0. The SMILES string of the molecule is O=C(Nc1ccc(F)c(C2CC2)c1)N1C[C@@H](CO)[C@H](c2ccsc2)C1. The van der Waals surface area contributed by atoms with E-state index in [1.54, 1.807) is 28.4 Å². The zero-order valence-corrected chi connectivity index (χ0v) is 14.6. The molecule has 1 aromatic carbocycles. The van der Waals surface area contributed by atoms with Crippen LogP contribution in [0.4, 0.5) is 14.9 Å². The second kappa shape index (κ2) is 6.77. The molecular weight excluding hydrogens is 339 g/mol. The molecular formula is C19H21FN2O2S. The van der Waals surface area contributed by atoms with Crippen molar-refractivity contribution in [2.45, 2.75) is 24.7 Å². The van der Waals surface area contributed by atoms with E-state index in [1.165, 1.54) is 11.6 Å². The molecule has 132 valence electrons. The number of urea groups is 1. The molecule has 2 fully saturated rings. The Labute approximate surface area is 150 Å². The number of halogens is 1. The molecule has 6 heteroatoms. The summed E-state index contributed by atoms with van der Waals surface area (Å²) < 4.78 is 13.9. The first-order valence-corrected chi connectivity index (χ1v) is 9.58. The van der Waals surface area contributed by atoms with Crippen molar-refractivity contribution in [1.29, 1.82) is 0 Å². The molecule has 2 amide bonds. The number of likely N-dealkylation sites (tertiary alicyclic amines) is 1. The van der Waals surface area contributed by atoms with E-state index >= 15 is 0 Å². The van der Waals surface area contributed by atoms with Crippen LogP contribution in [0.1, 0.15) is 35.8 Å². The van der Waals surface area contributed by atoms with E-state index in [-0.39, 0.29) is 30.3 Å². The number of thiophene rings is 1. The highest BCUT2D eigenvalue weighted by Gasteiger charge is 2.36. The summed E-state index contributed by atoms with van der Waals surface area (Å²) in [5, 5.41) is 16.6. The van der Waals surface area contributed by atoms with Crippen LogP contribution in [-0.4, -0.2) is 35.7 Å². The van der Waals surface area contributed by atoms with Crippen molar-refractivity contribution < 1.29 is 14.3 Å². The zero-order valence-electron chi connectivity index (χ0n) is 13.8. The van der Waals surface area contributed by atoms with Gasteiger partial charge in [-0.1, -0.05) is 0 Å². The Hall–Kier alpha value is -1.92. The lowest BCUT2D eigenvalue weighted by atomic mass is 9.92. The first-order valence-electron chi connectivity index (χ1n) is 8.64. The number of carbonyl (C=O) groups is 1. The summed E-state index contributed by atoms with van der Waals surface area (Å²) >= 11 is 1.63. The van der Waals surface area contributed by atoms with Gasteiger partial charge in [0.2, 0.25) is 0 Å². The van der Waals surface area contributed by atoms with Gasteiger partial charge in [-0.25, -0.2) is 9.18 Å². The molecule has 1 aliphatic heterocycles. The van der Waals surface area contributed by atoms with Gasteiger partial charge in [0.25, 0.3) is 0 Å². The van der Waals surface area contributed by atoms with Gasteiger partial charge in [-0.05, 0) is 64.9 Å². The third-order valence-corrected chi connectivity index (χ3v) is 5.90. The largest absolute Gasteiger partial charge is 0.396 e. The Bertz CT molecular complexity index is 761. The van der Waals surface area contributed by atoms with Gasteiger partial charge in [0.05, 0.1) is 0 Å². The van der Waals surface area contributed by atoms with Crippen LogP contribution in [0.25, 0.3) is 0 Å². The average Bonchev–Trinajstić information content (AvgIpc) is 3.14. The van der Waals surface area contributed by atoms with Crippen molar-refractivity contribution in [3.8, 4) is 0 Å². The highest BCUT2D eigenvalue weighted by atomic mass is 32.1. The van der Waals surface area contributed by atoms with Crippen LogP contribution < -0.4 is 5.32 Å². The van der Waals surface area contributed by atoms with Crippen LogP contribution >= 0.6 is 11.3 Å². The fourth-order valence-electron chi connectivity index (χ4n) is 3.62. The number of carbonyl (C=O) groups excluding carboxylic acids is 1. The highest BCUT2D eigenvalue weighted by Crippen LogP contribution is 2.42. The molecule has 0 unspecified atom stereocenters. The molecule has 2 atom stereocenters. The van der Waals surface area contributed by atoms with E-state index in [2.05, 4.69) is 16.8 Å². The lowest BCUT2D eigenvalue weighted by Crippen LogP contribution is -2.33. The van der Waals surface area contributed by atoms with Gasteiger partial charge >= 0.3 is 6.03 Å². The maximum atomic E-state index is 13.9. The summed E-state index contributed by atoms with van der Waals surface area (Å²) in [6.45, 7) is 1.18. The molecule has 4 nitrogen and oxygen atoms in total. The summed E-state index contributed by atoms with van der Waals surface area (Å²) in [6, 6.07) is 6.65. The number of anilines is 1. The molecule has 2 aliphatic rings. The molecule has 4 rings (SSSR count). The molecule has 1 aromatic heterocycles. The number of hydrogen-bond acceptors (Lipinski definition) is 3. The monoisotopic (exact) mass is 360 g/mol. The van der Waals surface area contributed by atoms with Crippen molar-refractivity contribution in [2.75, 3.05) is 25.0 Å². The number of nitrogens with one attached hydrogen (secondary N) is 1. The number of amides is 2. The quantitative estimate of drug-likeness (QED) is 0.866. The van der Waals surface area contributed by atoms with Gasteiger partial charge in [0.1, 0.15) is 5.82 Å². The molecule has 0 bridgehead atoms. The number of hydrogen-bond donors (Lipinski definition) is 2. The lowest BCUT2D eigenvalue weighted by molar-refractivity contribution is 0.207. The molecule has 2 aromatic rings. The summed E-state index contributed by atoms with van der Waals surface area (Å²) in [5.74, 6) is 0.317. The molecule has 1 saturated carbocycles. The Morgan fingerprint density at radius 1 is 1.32 bits per heavy atom. The predicted octanol–water partition coefficient (Wildman–Crippen LogP) is 4.00. The molecule has 2 N–H and O–H groups in total. The van der Waals surface area contributed by atoms with E-state index in [0.717, 1.165) is 12.8 Å². The van der Waals surface area contributed by atoms with Crippen LogP contribution in [0.15, 0.2) is 35.0 Å². The first-order chi connectivity index (χ1) is 12.2. The van der Waals surface area contributed by atoms with Gasteiger partial charge in [0.15, 0.2) is 0 Å². The topological polar surface area (TPSA) is 52.6 Å². The van der Waals surface area contributed by atoms with Crippen molar-refractivity contribution in [3.63, 3.8) is 0 Å². The van der Waals surface area contributed by atoms with Gasteiger partial charge in [-0.3, -0.25) is 0 Å². The summed E-state index contributed by atoms with van der Waals surface area (Å²) in [6.07, 6.45) is 2.03. The van der Waals surface area contributed by atoms with E-state index in [4.69, 9.17) is 0 Å². The van der Waals surface area contributed by atoms with Crippen LogP contribution in [-0.2, 0) is 0 Å². The van der Waals surface area contributed by atoms with Gasteiger partial charge in [-0.15, -0.1) is 0 Å². The minimum atomic E-state index is -0.195. The fourth-order valence-corrected chi connectivity index (χ4v) is 4.34. The Morgan fingerprint density at radius 3 is 2.84 bits per heavy atom. The zero-order chi connectivity index (χ0) is 17.4. The minimum absolute atomic E-state index is 0.0515. The molecule has 0 radical (unpaired) electrons. The Kier molecular flexibility index (Phi) is 4.48. The van der Waals surface area contributed by atoms with E-state index in [1.807, 2.05) is 5.38 Å². The van der Waals surface area contributed by atoms with Gasteiger partial charge < -0.3 is 15.3 Å². The van der Waals surface area contributed by atoms with Gasteiger partial charge in [0, 0.05) is 37.2 Å². The third kappa shape index (κ3) is 3.41. The summed E-state index contributed by atoms with van der Waals surface area (Å²) in [4.78, 5) is 14.4. The van der Waals surface area contributed by atoms with E-state index in [9.17, 15) is 14.3 Å². The maximum absolute atomic E-state index is 13.9. The van der Waals surface area contributed by atoms with Crippen LogP contribution in [0, 0.1) is 11.7 Å². The van der Waals surface area contributed by atoms with E-state index in [0.29, 0.717) is 30.3 Å². The number of benzene rings is 1. The maximum Gasteiger partial charge on any atom is 0.321 e. The number of nitrogens with zero attached hydrogens (tertiary/aromatic N) is 1. The van der Waals surface area contributed by atoms with Crippen LogP contribution in [0.2, 0.25) is 0 Å². The van der Waals surface area contributed by atoms with Gasteiger partial charge in [-0.2, -0.15) is 11.3 Å². The standard InChI is InChI=1S/C19H21FN2O2S/c20-18-4-3-15(7-16(18)12-1-2-12)21-19(24)22-8-14(10-23)17(9-22)13-5-6-25-11-13/h3-7,11-12,14,17,23H,1-2,8-10H2,(H,21,24)/t14-,17-/m0/s1. The molecule has 2 heterocycles. The second-order valence-corrected chi connectivity index (χ2v) is 7.73. The third-order valence-electron chi connectivity index (χ3n) is 5.20. The molecule has 0 spiro atoms. The lowest BCUT2D eigenvalue weighted by Gasteiger charge is -2.17. The van der Waals surface area contributed by atoms with Crippen molar-refractivity contribution >= 4 is 23.1 Å².